The predicted octanol–water partition coefficient (Wildman–Crippen LogP) is -0.256. The number of nitrogens with one attached hydrogen (secondary N) is 1. The number of aliphatic hydroxyl groups is 1. The van der Waals surface area contributed by atoms with Crippen molar-refractivity contribution in [3.8, 4) is 0 Å². The van der Waals surface area contributed by atoms with E-state index in [2.05, 4.69) is 5.32 Å². The van der Waals surface area contributed by atoms with Gasteiger partial charge in [0.1, 0.15) is 5.92 Å². The predicted molar refractivity (Wildman–Crippen MR) is 101 cm³/mol. The molecule has 156 valence electrons. The third-order valence-electron chi connectivity index (χ3n) is 5.18. The average Bonchev–Trinajstić information content (AvgIpc) is 2.67. The van der Waals surface area contributed by atoms with E-state index >= 15 is 0 Å². The third-order valence-corrected chi connectivity index (χ3v) is 5.18. The minimum atomic E-state index is -3.01. The Morgan fingerprint density at radius 1 is 1.10 bits per heavy atom. The van der Waals surface area contributed by atoms with Crippen LogP contribution in [0.25, 0.3) is 0 Å². The van der Waals surface area contributed by atoms with Crippen molar-refractivity contribution in [1.29, 1.82) is 0 Å². The molecule has 3 rings (SSSR count). The lowest BCUT2D eigenvalue weighted by Crippen LogP contribution is -2.59. The molecule has 0 radical (unpaired) electrons. The van der Waals surface area contributed by atoms with Gasteiger partial charge in [0.05, 0.1) is 12.1 Å². The van der Waals surface area contributed by atoms with Crippen molar-refractivity contribution in [3.05, 3.63) is 41.6 Å². The molecule has 10 nitrogen and oxygen atoms in total. The van der Waals surface area contributed by atoms with Crippen LogP contribution in [0.1, 0.15) is 12.0 Å². The third kappa shape index (κ3) is 3.95. The number of hydrogen-bond acceptors (Lipinski definition) is 7. The number of hydrazine groups is 1. The van der Waals surface area contributed by atoms with Crippen molar-refractivity contribution in [1.82, 2.24) is 10.3 Å². The van der Waals surface area contributed by atoms with Gasteiger partial charge in [-0.2, -0.15) is 0 Å². The van der Waals surface area contributed by atoms with Crippen molar-refractivity contribution in [2.75, 3.05) is 31.2 Å². The van der Waals surface area contributed by atoms with E-state index in [0.717, 1.165) is 5.56 Å². The molecule has 2 aliphatic heterocycles. The largest absolute Gasteiger partial charge is 0.481 e. The number of fused-ring (bicyclic) bond motifs is 1. The van der Waals surface area contributed by atoms with Crippen LogP contribution in [0.2, 0.25) is 0 Å². The van der Waals surface area contributed by atoms with E-state index in [0.29, 0.717) is 38.3 Å². The van der Waals surface area contributed by atoms with Crippen LogP contribution < -0.4 is 10.3 Å². The van der Waals surface area contributed by atoms with E-state index in [1.807, 2.05) is 17.1 Å². The van der Waals surface area contributed by atoms with E-state index in [9.17, 15) is 29.7 Å². The molecule has 1 saturated heterocycles. The van der Waals surface area contributed by atoms with Gasteiger partial charge in [-0.15, -0.1) is 0 Å². The fourth-order valence-corrected chi connectivity index (χ4v) is 3.85. The highest BCUT2D eigenvalue weighted by Gasteiger charge is 2.54. The number of piperazine rings is 1. The quantitative estimate of drug-likeness (QED) is 0.410. The molecule has 2 heterocycles. The molecule has 0 saturated carbocycles. The van der Waals surface area contributed by atoms with Gasteiger partial charge >= 0.3 is 17.9 Å². The number of hydrogen-bond donors (Lipinski definition) is 5. The highest BCUT2D eigenvalue weighted by atomic mass is 16.4. The Hall–Kier alpha value is -2.95. The number of benzene rings is 1. The van der Waals surface area contributed by atoms with Crippen molar-refractivity contribution < 1.29 is 34.8 Å². The van der Waals surface area contributed by atoms with Gasteiger partial charge in [-0.1, -0.05) is 24.3 Å². The summed E-state index contributed by atoms with van der Waals surface area (Å²) in [5.41, 5.74) is -1.37. The molecule has 1 aromatic carbocycles. The molecule has 10 heteroatoms. The summed E-state index contributed by atoms with van der Waals surface area (Å²) in [6.45, 7) is 2.34. The molecule has 0 aliphatic carbocycles. The van der Waals surface area contributed by atoms with E-state index in [4.69, 9.17) is 5.11 Å². The summed E-state index contributed by atoms with van der Waals surface area (Å²) in [5, 5.41) is 46.0. The van der Waals surface area contributed by atoms with Crippen LogP contribution in [0, 0.1) is 5.92 Å². The van der Waals surface area contributed by atoms with Gasteiger partial charge in [-0.25, -0.2) is 9.80 Å². The first-order chi connectivity index (χ1) is 13.8. The number of carboxylic acids is 3. The zero-order valence-corrected chi connectivity index (χ0v) is 15.6. The second-order valence-electron chi connectivity index (χ2n) is 7.05. The van der Waals surface area contributed by atoms with Gasteiger partial charge < -0.3 is 25.7 Å². The first-order valence-corrected chi connectivity index (χ1v) is 9.19. The summed E-state index contributed by atoms with van der Waals surface area (Å²) in [6, 6.07) is 7.31. The Morgan fingerprint density at radius 2 is 1.76 bits per heavy atom. The summed E-state index contributed by atoms with van der Waals surface area (Å²) in [7, 11) is 0. The van der Waals surface area contributed by atoms with Gasteiger partial charge in [-0.05, 0) is 18.1 Å². The molecule has 5 N–H and O–H groups in total. The minimum Gasteiger partial charge on any atom is -0.481 e. The second kappa shape index (κ2) is 8.19. The molecule has 2 aliphatic rings. The normalized spacial score (nSPS) is 20.2. The van der Waals surface area contributed by atoms with Crippen LogP contribution in [0.5, 0.6) is 0 Å². The topological polar surface area (TPSA) is 151 Å². The average molecular weight is 405 g/mol. The van der Waals surface area contributed by atoms with Gasteiger partial charge in [-0.3, -0.25) is 14.6 Å². The summed E-state index contributed by atoms with van der Waals surface area (Å²) in [6.07, 6.45) is 0.646. The number of para-hydroxylation sites is 1. The fourth-order valence-electron chi connectivity index (χ4n) is 3.85. The maximum Gasteiger partial charge on any atom is 0.337 e. The first kappa shape index (κ1) is 20.8. The van der Waals surface area contributed by atoms with Crippen molar-refractivity contribution in [2.24, 2.45) is 5.92 Å². The highest BCUT2D eigenvalue weighted by Crippen LogP contribution is 2.39. The van der Waals surface area contributed by atoms with Crippen molar-refractivity contribution in [2.45, 2.75) is 18.4 Å². The van der Waals surface area contributed by atoms with Crippen LogP contribution in [-0.4, -0.2) is 75.1 Å². The van der Waals surface area contributed by atoms with Gasteiger partial charge in [0.15, 0.2) is 5.60 Å². The standard InChI is InChI=1S/C19H23N3O7/c23-15(24)11-19(29,18(27)28)16(17(25)26)14-6-5-12-3-1-2-4-13(12)22(14)21-9-7-20-8-10-21/h1-4,6,16,20,29H,5,7-11H2,(H,23,24)(H,25,26)(H,27,28). The van der Waals surface area contributed by atoms with Gasteiger partial charge in [0.25, 0.3) is 0 Å². The zero-order valence-electron chi connectivity index (χ0n) is 15.6. The number of allylic oxidation sites excluding steroid dienone is 1. The van der Waals surface area contributed by atoms with Gasteiger partial charge in [0.2, 0.25) is 0 Å². The lowest BCUT2D eigenvalue weighted by atomic mass is 9.80. The molecule has 2 atom stereocenters. The molecule has 1 fully saturated rings. The number of carbonyl (C=O) groups is 3. The molecule has 0 amide bonds. The lowest BCUT2D eigenvalue weighted by Gasteiger charge is -2.46. The summed E-state index contributed by atoms with van der Waals surface area (Å²) >= 11 is 0. The Balaban J connectivity index is 2.13. The van der Waals surface area contributed by atoms with Crippen LogP contribution in [0.3, 0.4) is 0 Å². The maximum atomic E-state index is 12.2. The van der Waals surface area contributed by atoms with Crippen LogP contribution in [0.15, 0.2) is 36.0 Å². The van der Waals surface area contributed by atoms with E-state index in [1.54, 1.807) is 23.2 Å². The Kier molecular flexibility index (Phi) is 5.87. The number of aliphatic carboxylic acids is 3. The monoisotopic (exact) mass is 405 g/mol. The molecule has 0 aromatic heterocycles. The second-order valence-corrected chi connectivity index (χ2v) is 7.05. The Bertz CT molecular complexity index is 850. The van der Waals surface area contributed by atoms with E-state index in [1.165, 1.54) is 0 Å². The Morgan fingerprint density at radius 3 is 2.34 bits per heavy atom. The number of nitrogens with zero attached hydrogens (tertiary/aromatic N) is 2. The molecular weight excluding hydrogens is 382 g/mol. The highest BCUT2D eigenvalue weighted by molar-refractivity contribution is 5.92. The molecule has 2 unspecified atom stereocenters. The van der Waals surface area contributed by atoms with Crippen LogP contribution in [0.4, 0.5) is 5.69 Å². The SMILES string of the molecule is O=C(O)CC(O)(C(=O)O)C(C(=O)O)C1=CCc2ccccc2N1N1CCNCC1. The first-order valence-electron chi connectivity index (χ1n) is 9.19. The molecule has 0 bridgehead atoms. The summed E-state index contributed by atoms with van der Waals surface area (Å²) in [5.74, 6) is -7.08. The molecule has 1 aromatic rings. The molecule has 29 heavy (non-hydrogen) atoms. The number of rotatable bonds is 7. The van der Waals surface area contributed by atoms with Crippen molar-refractivity contribution in [3.63, 3.8) is 0 Å². The summed E-state index contributed by atoms with van der Waals surface area (Å²) < 4.78 is 0. The van der Waals surface area contributed by atoms with Gasteiger partial charge in [0, 0.05) is 31.9 Å². The Labute approximate surface area is 166 Å². The van der Waals surface area contributed by atoms with Crippen molar-refractivity contribution >= 4 is 23.6 Å². The number of anilines is 1. The molecule has 0 spiro atoms. The molecular formula is C19H23N3O7. The minimum absolute atomic E-state index is 0.0456. The summed E-state index contributed by atoms with van der Waals surface area (Å²) in [4.78, 5) is 35.2. The fraction of sp³-hybridized carbons (Fsp3) is 0.421. The van der Waals surface area contributed by atoms with Crippen LogP contribution >= 0.6 is 0 Å². The smallest absolute Gasteiger partial charge is 0.337 e. The zero-order chi connectivity index (χ0) is 21.2. The van der Waals surface area contributed by atoms with E-state index in [-0.39, 0.29) is 5.70 Å². The maximum absolute atomic E-state index is 12.2. The van der Waals surface area contributed by atoms with Crippen LogP contribution in [-0.2, 0) is 20.8 Å². The lowest BCUT2D eigenvalue weighted by molar-refractivity contribution is -0.176. The van der Waals surface area contributed by atoms with E-state index < -0.39 is 35.8 Å². The number of carboxylic acid groups (broad SMARTS) is 3.